The summed E-state index contributed by atoms with van der Waals surface area (Å²) in [6, 6.07) is 9.06. The number of nitrogens with one attached hydrogen (secondary N) is 1. The molecule has 0 amide bonds. The molecule has 2 aliphatic rings. The van der Waals surface area contributed by atoms with Gasteiger partial charge < -0.3 is 24.7 Å². The van der Waals surface area contributed by atoms with Gasteiger partial charge in [-0.05, 0) is 47.9 Å². The average Bonchev–Trinajstić information content (AvgIpc) is 3.06. The number of anilines is 2. The summed E-state index contributed by atoms with van der Waals surface area (Å²) < 4.78 is 25.6. The number of nitrogens with zero attached hydrogens (tertiary/aromatic N) is 3. The number of hydrogen-bond donors (Lipinski definition) is 1. The molecular weight excluding hydrogens is 522 g/mol. The Balaban J connectivity index is 0.00000336. The van der Waals surface area contributed by atoms with Crippen molar-refractivity contribution in [2.24, 2.45) is 4.99 Å². The van der Waals surface area contributed by atoms with Crippen molar-refractivity contribution < 1.29 is 53.3 Å². The van der Waals surface area contributed by atoms with Gasteiger partial charge in [-0.1, -0.05) is 23.7 Å². The second-order valence-electron chi connectivity index (χ2n) is 8.09. The normalized spacial score (nSPS) is 13.8. The number of benzene rings is 2. The molecular formula is C27H19ClFN4NaO4. The van der Waals surface area contributed by atoms with Gasteiger partial charge in [-0.25, -0.2) is 19.4 Å². The van der Waals surface area contributed by atoms with Gasteiger partial charge in [0.2, 0.25) is 5.95 Å². The summed E-state index contributed by atoms with van der Waals surface area (Å²) in [7, 11) is 2.85. The number of ether oxygens (including phenoxy) is 2. The topological polar surface area (TPSA) is 109 Å². The van der Waals surface area contributed by atoms with Crippen LogP contribution >= 0.6 is 11.6 Å². The Kier molecular flexibility index (Phi) is 8.32. The minimum Gasteiger partial charge on any atom is -0.545 e. The predicted molar refractivity (Wildman–Crippen MR) is 137 cm³/mol. The molecule has 2 aromatic carbocycles. The predicted octanol–water partition coefficient (Wildman–Crippen LogP) is 1.30. The minimum absolute atomic E-state index is 0. The number of allylic oxidation sites excluding steroid dienone is 5. The molecule has 1 N–H and O–H groups in total. The van der Waals surface area contributed by atoms with E-state index in [9.17, 15) is 9.90 Å². The molecule has 8 nitrogen and oxygen atoms in total. The number of hydrogen-bond acceptors (Lipinski definition) is 8. The summed E-state index contributed by atoms with van der Waals surface area (Å²) in [6.07, 6.45) is 7.35. The number of carboxylic acids is 1. The maximum Gasteiger partial charge on any atom is 1.00 e. The zero-order chi connectivity index (χ0) is 26.1. The third-order valence-electron chi connectivity index (χ3n) is 5.95. The largest absolute Gasteiger partial charge is 1.00 e. The van der Waals surface area contributed by atoms with Crippen molar-refractivity contribution in [1.82, 2.24) is 9.97 Å². The van der Waals surface area contributed by atoms with Crippen molar-refractivity contribution in [3.63, 3.8) is 0 Å². The molecule has 3 aromatic rings. The van der Waals surface area contributed by atoms with Crippen molar-refractivity contribution in [3.8, 4) is 11.5 Å². The number of carbonyl (C=O) groups is 1. The molecule has 186 valence electrons. The molecule has 5 rings (SSSR count). The fraction of sp³-hybridized carbons (Fsp3) is 0.111. The van der Waals surface area contributed by atoms with Crippen molar-refractivity contribution in [2.45, 2.75) is 6.42 Å². The Morgan fingerprint density at radius 3 is 2.63 bits per heavy atom. The molecule has 0 atom stereocenters. The van der Waals surface area contributed by atoms with Crippen LogP contribution in [0.5, 0.6) is 11.5 Å². The molecule has 2 heterocycles. The van der Waals surface area contributed by atoms with E-state index >= 15 is 4.39 Å². The van der Waals surface area contributed by atoms with Crippen LogP contribution in [0.3, 0.4) is 0 Å². The molecule has 0 saturated heterocycles. The quantitative estimate of drug-likeness (QED) is 0.470. The molecule has 0 saturated carbocycles. The number of halogens is 2. The fourth-order valence-corrected chi connectivity index (χ4v) is 4.41. The van der Waals surface area contributed by atoms with E-state index in [0.717, 1.165) is 5.56 Å². The summed E-state index contributed by atoms with van der Waals surface area (Å²) >= 11 is 6.34. The zero-order valence-corrected chi connectivity index (χ0v) is 23.5. The van der Waals surface area contributed by atoms with Crippen LogP contribution in [0.4, 0.5) is 16.0 Å². The van der Waals surface area contributed by atoms with Crippen LogP contribution in [0.1, 0.15) is 27.2 Å². The van der Waals surface area contributed by atoms with E-state index in [1.165, 1.54) is 32.4 Å². The molecule has 0 bridgehead atoms. The average molecular weight is 541 g/mol. The van der Waals surface area contributed by atoms with Gasteiger partial charge in [0.15, 0.2) is 0 Å². The standard InChI is InChI=1S/C27H20ClFN4O4.Na/c1-36-21-5-3-4-20(29)24(21)18-11-23(28)30-13-19-16(18)8-6-14-12-31-27(33-25(14)19)32-15-7-9-17(26(34)35)22(10-15)37-2;/h3-5,7-13H,6H2,1-2H3,(H,34,35)(H,31,32,33);/q;+1/p-1. The molecule has 0 spiro atoms. The van der Waals surface area contributed by atoms with Crippen molar-refractivity contribution >= 4 is 45.5 Å². The molecule has 0 unspecified atom stereocenters. The summed E-state index contributed by atoms with van der Waals surface area (Å²) in [4.78, 5) is 24.7. The van der Waals surface area contributed by atoms with E-state index < -0.39 is 11.8 Å². The van der Waals surface area contributed by atoms with Crippen LogP contribution in [-0.4, -0.2) is 35.3 Å². The first-order chi connectivity index (χ1) is 17.9. The van der Waals surface area contributed by atoms with E-state index in [4.69, 9.17) is 26.1 Å². The zero-order valence-electron chi connectivity index (χ0n) is 20.7. The third-order valence-corrected chi connectivity index (χ3v) is 6.16. The van der Waals surface area contributed by atoms with Crippen LogP contribution in [0.25, 0.3) is 11.1 Å². The van der Waals surface area contributed by atoms with E-state index in [1.807, 2.05) is 6.08 Å². The monoisotopic (exact) mass is 540 g/mol. The molecule has 1 aliphatic carbocycles. The third kappa shape index (κ3) is 5.23. The Labute approximate surface area is 244 Å². The maximum atomic E-state index is 15.0. The van der Waals surface area contributed by atoms with E-state index in [0.29, 0.717) is 40.3 Å². The van der Waals surface area contributed by atoms with Gasteiger partial charge in [0, 0.05) is 40.9 Å². The number of aliphatic imine (C=N–C) groups is 1. The van der Waals surface area contributed by atoms with Crippen LogP contribution < -0.4 is 49.5 Å². The SMILES string of the molecule is COc1cc(Nc2ncc3c(n2)C2=CN=C(Cl)C=C(c4c(F)cccc4OC)C2=CC3)ccc1C(=O)[O-].[Na+]. The number of aromatic nitrogens is 2. The van der Waals surface area contributed by atoms with Crippen LogP contribution in [0, 0.1) is 5.82 Å². The number of methoxy groups -OCH3 is 2. The maximum absolute atomic E-state index is 15.0. The number of carbonyl (C=O) groups excluding carboxylic acids is 1. The van der Waals surface area contributed by atoms with Crippen molar-refractivity contribution in [3.05, 3.63) is 94.7 Å². The minimum atomic E-state index is -1.34. The van der Waals surface area contributed by atoms with Gasteiger partial charge in [-0.2, -0.15) is 0 Å². The molecule has 1 aromatic heterocycles. The van der Waals surface area contributed by atoms with Gasteiger partial charge >= 0.3 is 29.6 Å². The molecule has 1 aliphatic heterocycles. The first-order valence-corrected chi connectivity index (χ1v) is 11.5. The number of fused-ring (bicyclic) bond motifs is 3. The molecule has 11 heteroatoms. The number of aromatic carboxylic acids is 1. The smallest absolute Gasteiger partial charge is 0.545 e. The first-order valence-electron chi connectivity index (χ1n) is 11.1. The van der Waals surface area contributed by atoms with Crippen molar-refractivity contribution in [1.29, 1.82) is 0 Å². The molecule has 0 fully saturated rings. The van der Waals surface area contributed by atoms with Gasteiger partial charge in [0.1, 0.15) is 22.5 Å². The Morgan fingerprint density at radius 1 is 1.11 bits per heavy atom. The summed E-state index contributed by atoms with van der Waals surface area (Å²) in [5.41, 5.74) is 4.03. The number of rotatable bonds is 6. The summed E-state index contributed by atoms with van der Waals surface area (Å²) in [5, 5.41) is 14.5. The Morgan fingerprint density at radius 2 is 1.89 bits per heavy atom. The Hall–Kier alpha value is -3.50. The molecule has 38 heavy (non-hydrogen) atoms. The fourth-order valence-electron chi connectivity index (χ4n) is 4.25. The van der Waals surface area contributed by atoms with Gasteiger partial charge in [-0.3, -0.25) is 0 Å². The van der Waals surface area contributed by atoms with E-state index in [2.05, 4.69) is 15.3 Å². The van der Waals surface area contributed by atoms with Crippen LogP contribution in [0.2, 0.25) is 0 Å². The number of carboxylic acid groups (broad SMARTS) is 1. The van der Waals surface area contributed by atoms with Gasteiger partial charge in [-0.15, -0.1) is 0 Å². The van der Waals surface area contributed by atoms with Crippen LogP contribution in [0.15, 0.2) is 71.5 Å². The Bertz CT molecular complexity index is 1570. The second kappa shape index (κ2) is 11.5. The second-order valence-corrected chi connectivity index (χ2v) is 8.47. The summed E-state index contributed by atoms with van der Waals surface area (Å²) in [6.45, 7) is 0. The first kappa shape index (κ1) is 27.5. The van der Waals surface area contributed by atoms with E-state index in [1.54, 1.807) is 36.7 Å². The van der Waals surface area contributed by atoms with Crippen molar-refractivity contribution in [2.75, 3.05) is 19.5 Å². The van der Waals surface area contributed by atoms with Gasteiger partial charge in [0.05, 0.1) is 31.4 Å². The van der Waals surface area contributed by atoms with Gasteiger partial charge in [0.25, 0.3) is 0 Å². The van der Waals surface area contributed by atoms with Crippen LogP contribution in [-0.2, 0) is 6.42 Å². The van der Waals surface area contributed by atoms with E-state index in [-0.39, 0.29) is 57.6 Å². The molecule has 0 radical (unpaired) electrons. The summed E-state index contributed by atoms with van der Waals surface area (Å²) in [5.74, 6) is -1.04.